The first-order chi connectivity index (χ1) is 9.15. The highest BCUT2D eigenvalue weighted by Crippen LogP contribution is 2.28. The van der Waals surface area contributed by atoms with Gasteiger partial charge in [0.1, 0.15) is 0 Å². The van der Waals surface area contributed by atoms with E-state index < -0.39 is 0 Å². The Balaban J connectivity index is 1.72. The van der Waals surface area contributed by atoms with Crippen molar-refractivity contribution in [3.05, 3.63) is 34.9 Å². The Morgan fingerprint density at radius 2 is 2.00 bits per heavy atom. The molecule has 1 aromatic carbocycles. The van der Waals surface area contributed by atoms with Crippen molar-refractivity contribution >= 4 is 0 Å². The van der Waals surface area contributed by atoms with Crippen molar-refractivity contribution in [3.8, 4) is 0 Å². The van der Waals surface area contributed by atoms with E-state index in [9.17, 15) is 0 Å². The second-order valence-corrected chi connectivity index (χ2v) is 6.39. The van der Waals surface area contributed by atoms with E-state index in [4.69, 9.17) is 0 Å². The van der Waals surface area contributed by atoms with E-state index in [2.05, 4.69) is 48.8 Å². The van der Waals surface area contributed by atoms with Crippen LogP contribution >= 0.6 is 0 Å². The molecule has 0 N–H and O–H groups in total. The molecular formula is C17H26N2. The van der Waals surface area contributed by atoms with Gasteiger partial charge in [0.05, 0.1) is 0 Å². The lowest BCUT2D eigenvalue weighted by molar-refractivity contribution is 0.0469. The maximum atomic E-state index is 2.70. The molecule has 2 heteroatoms. The molecule has 2 nitrogen and oxygen atoms in total. The van der Waals surface area contributed by atoms with Gasteiger partial charge in [0.25, 0.3) is 0 Å². The molecule has 0 aliphatic carbocycles. The first kappa shape index (κ1) is 13.1. The van der Waals surface area contributed by atoms with Gasteiger partial charge in [-0.2, -0.15) is 0 Å². The van der Waals surface area contributed by atoms with E-state index in [1.807, 2.05) is 0 Å². The van der Waals surface area contributed by atoms with Crippen LogP contribution in [0.2, 0.25) is 0 Å². The molecule has 0 unspecified atom stereocenters. The largest absolute Gasteiger partial charge is 0.298 e. The zero-order valence-electron chi connectivity index (χ0n) is 12.5. The van der Waals surface area contributed by atoms with Gasteiger partial charge in [0.15, 0.2) is 0 Å². The van der Waals surface area contributed by atoms with Gasteiger partial charge in [0.2, 0.25) is 0 Å². The van der Waals surface area contributed by atoms with Crippen molar-refractivity contribution in [2.45, 2.75) is 52.2 Å². The summed E-state index contributed by atoms with van der Waals surface area (Å²) in [5.74, 6) is 0. The van der Waals surface area contributed by atoms with Crippen LogP contribution in [0.3, 0.4) is 0 Å². The number of benzene rings is 1. The fourth-order valence-corrected chi connectivity index (χ4v) is 3.84. The standard InChI is InChI=1S/C17H26N2/c1-13-6-7-16(14(2)11-13)12-19-10-9-18-8-4-5-17(18)15(19)3/h6-7,11,15,17H,4-5,8-10,12H2,1-3H3/t15-,17+/m0/s1. The Labute approximate surface area is 117 Å². The van der Waals surface area contributed by atoms with Crippen molar-refractivity contribution in [2.75, 3.05) is 19.6 Å². The van der Waals surface area contributed by atoms with Crippen molar-refractivity contribution in [1.82, 2.24) is 9.80 Å². The number of rotatable bonds is 2. The normalized spacial score (nSPS) is 28.6. The van der Waals surface area contributed by atoms with Gasteiger partial charge in [-0.15, -0.1) is 0 Å². The van der Waals surface area contributed by atoms with Gasteiger partial charge in [-0.05, 0) is 51.3 Å². The third-order valence-electron chi connectivity index (χ3n) is 5.09. The van der Waals surface area contributed by atoms with Crippen LogP contribution in [-0.4, -0.2) is 41.5 Å². The molecule has 2 atom stereocenters. The number of nitrogens with zero attached hydrogens (tertiary/aromatic N) is 2. The lowest BCUT2D eigenvalue weighted by Gasteiger charge is -2.43. The zero-order chi connectivity index (χ0) is 13.4. The predicted molar refractivity (Wildman–Crippen MR) is 80.4 cm³/mol. The Morgan fingerprint density at radius 3 is 2.79 bits per heavy atom. The summed E-state index contributed by atoms with van der Waals surface area (Å²) in [5.41, 5.74) is 4.32. The van der Waals surface area contributed by atoms with Crippen LogP contribution in [0.1, 0.15) is 36.5 Å². The van der Waals surface area contributed by atoms with Gasteiger partial charge >= 0.3 is 0 Å². The van der Waals surface area contributed by atoms with Gasteiger partial charge in [-0.1, -0.05) is 23.8 Å². The molecule has 104 valence electrons. The molecule has 0 saturated carbocycles. The summed E-state index contributed by atoms with van der Waals surface area (Å²) in [5, 5.41) is 0. The van der Waals surface area contributed by atoms with E-state index in [1.165, 1.54) is 49.2 Å². The topological polar surface area (TPSA) is 6.48 Å². The van der Waals surface area contributed by atoms with Gasteiger partial charge in [-0.25, -0.2) is 0 Å². The second-order valence-electron chi connectivity index (χ2n) is 6.39. The van der Waals surface area contributed by atoms with Crippen LogP contribution in [0, 0.1) is 13.8 Å². The zero-order valence-corrected chi connectivity index (χ0v) is 12.5. The van der Waals surface area contributed by atoms with Crippen LogP contribution < -0.4 is 0 Å². The lowest BCUT2D eigenvalue weighted by Crippen LogP contribution is -2.55. The highest BCUT2D eigenvalue weighted by atomic mass is 15.3. The molecule has 2 aliphatic rings. The molecule has 1 aromatic rings. The lowest BCUT2D eigenvalue weighted by atomic mass is 10.00. The van der Waals surface area contributed by atoms with Gasteiger partial charge < -0.3 is 0 Å². The summed E-state index contributed by atoms with van der Waals surface area (Å²) in [6.07, 6.45) is 2.79. The minimum absolute atomic E-state index is 0.706. The van der Waals surface area contributed by atoms with E-state index in [-0.39, 0.29) is 0 Å². The molecule has 2 fully saturated rings. The van der Waals surface area contributed by atoms with Crippen LogP contribution in [0.25, 0.3) is 0 Å². The number of fused-ring (bicyclic) bond motifs is 1. The van der Waals surface area contributed by atoms with Gasteiger partial charge in [-0.3, -0.25) is 9.80 Å². The van der Waals surface area contributed by atoms with Crippen molar-refractivity contribution in [2.24, 2.45) is 0 Å². The smallest absolute Gasteiger partial charge is 0.0250 e. The molecule has 0 aromatic heterocycles. The Morgan fingerprint density at radius 1 is 1.16 bits per heavy atom. The van der Waals surface area contributed by atoms with Crippen LogP contribution in [0.4, 0.5) is 0 Å². The average Bonchev–Trinajstić information content (AvgIpc) is 2.85. The highest BCUT2D eigenvalue weighted by Gasteiger charge is 2.36. The number of hydrogen-bond acceptors (Lipinski definition) is 2. The molecule has 0 amide bonds. The molecule has 0 spiro atoms. The first-order valence-corrected chi connectivity index (χ1v) is 7.69. The summed E-state index contributed by atoms with van der Waals surface area (Å²) in [7, 11) is 0. The molecule has 0 bridgehead atoms. The van der Waals surface area contributed by atoms with E-state index in [1.54, 1.807) is 0 Å². The minimum Gasteiger partial charge on any atom is -0.298 e. The summed E-state index contributed by atoms with van der Waals surface area (Å²) in [6.45, 7) is 11.8. The Kier molecular flexibility index (Phi) is 3.64. The Hall–Kier alpha value is -0.860. The summed E-state index contributed by atoms with van der Waals surface area (Å²) >= 11 is 0. The quantitative estimate of drug-likeness (QED) is 0.804. The number of hydrogen-bond donors (Lipinski definition) is 0. The summed E-state index contributed by atoms with van der Waals surface area (Å²) in [6, 6.07) is 8.39. The van der Waals surface area contributed by atoms with Crippen molar-refractivity contribution in [1.29, 1.82) is 0 Å². The van der Waals surface area contributed by atoms with Crippen LogP contribution in [-0.2, 0) is 6.54 Å². The summed E-state index contributed by atoms with van der Waals surface area (Å²) < 4.78 is 0. The minimum atomic E-state index is 0.706. The van der Waals surface area contributed by atoms with Gasteiger partial charge in [0, 0.05) is 31.7 Å². The molecule has 19 heavy (non-hydrogen) atoms. The van der Waals surface area contributed by atoms with Crippen LogP contribution in [0.5, 0.6) is 0 Å². The van der Waals surface area contributed by atoms with Crippen molar-refractivity contribution < 1.29 is 0 Å². The maximum Gasteiger partial charge on any atom is 0.0250 e. The fourth-order valence-electron chi connectivity index (χ4n) is 3.84. The molecule has 3 rings (SSSR count). The highest BCUT2D eigenvalue weighted by molar-refractivity contribution is 5.30. The fraction of sp³-hybridized carbons (Fsp3) is 0.647. The molecule has 2 aliphatic heterocycles. The predicted octanol–water partition coefficient (Wildman–Crippen LogP) is 2.97. The maximum absolute atomic E-state index is 2.70. The molecule has 2 saturated heterocycles. The number of piperazine rings is 1. The Bertz CT molecular complexity index is 455. The molecule has 2 heterocycles. The SMILES string of the molecule is Cc1ccc(CN2CCN3CCC[C@@H]3[C@@H]2C)c(C)c1. The third-order valence-corrected chi connectivity index (χ3v) is 5.09. The monoisotopic (exact) mass is 258 g/mol. The molecular weight excluding hydrogens is 232 g/mol. The van der Waals surface area contributed by atoms with E-state index in [0.717, 1.165) is 12.6 Å². The van der Waals surface area contributed by atoms with E-state index in [0.29, 0.717) is 6.04 Å². The number of aryl methyl sites for hydroxylation is 2. The van der Waals surface area contributed by atoms with Crippen LogP contribution in [0.15, 0.2) is 18.2 Å². The molecule has 0 radical (unpaired) electrons. The summed E-state index contributed by atoms with van der Waals surface area (Å²) in [4.78, 5) is 5.38. The average molecular weight is 258 g/mol. The van der Waals surface area contributed by atoms with E-state index >= 15 is 0 Å². The third kappa shape index (κ3) is 2.56. The second kappa shape index (κ2) is 5.26. The first-order valence-electron chi connectivity index (χ1n) is 7.69. The van der Waals surface area contributed by atoms with Crippen molar-refractivity contribution in [3.63, 3.8) is 0 Å².